The number of hydrogen-bond donors (Lipinski definition) is 1. The van der Waals surface area contributed by atoms with Crippen molar-refractivity contribution >= 4 is 29.2 Å². The zero-order valence-corrected chi connectivity index (χ0v) is 14.0. The van der Waals surface area contributed by atoms with Gasteiger partial charge in [0, 0.05) is 10.7 Å². The van der Waals surface area contributed by atoms with Crippen molar-refractivity contribution in [1.82, 2.24) is 0 Å². The highest BCUT2D eigenvalue weighted by Gasteiger charge is 2.21. The average molecular weight is 348 g/mol. The smallest absolute Gasteiger partial charge is 0.347 e. The zero-order valence-electron chi connectivity index (χ0n) is 13.2. The Morgan fingerprint density at radius 1 is 1.12 bits per heavy atom. The van der Waals surface area contributed by atoms with Crippen LogP contribution in [-0.2, 0) is 14.3 Å². The SMILES string of the molecule is CC[C@@H](Oc1ccccc1)C(=O)OCC(=O)Nc1cccc(Cl)c1. The fourth-order valence-electron chi connectivity index (χ4n) is 1.95. The number of ether oxygens (including phenoxy) is 2. The van der Waals surface area contributed by atoms with E-state index < -0.39 is 18.0 Å². The number of hydrogen-bond acceptors (Lipinski definition) is 4. The summed E-state index contributed by atoms with van der Waals surface area (Å²) in [7, 11) is 0. The number of nitrogens with one attached hydrogen (secondary N) is 1. The molecule has 0 aliphatic carbocycles. The van der Waals surface area contributed by atoms with E-state index in [0.717, 1.165) is 0 Å². The Kier molecular flexibility index (Phi) is 6.63. The number of halogens is 1. The third kappa shape index (κ3) is 5.59. The maximum Gasteiger partial charge on any atom is 0.347 e. The van der Waals surface area contributed by atoms with Crippen molar-refractivity contribution in [3.05, 3.63) is 59.6 Å². The molecule has 0 aromatic heterocycles. The molecule has 5 nitrogen and oxygen atoms in total. The van der Waals surface area contributed by atoms with Crippen LogP contribution in [0.25, 0.3) is 0 Å². The van der Waals surface area contributed by atoms with Gasteiger partial charge >= 0.3 is 5.97 Å². The summed E-state index contributed by atoms with van der Waals surface area (Å²) in [5.41, 5.74) is 0.538. The lowest BCUT2D eigenvalue weighted by atomic mass is 10.2. The molecule has 1 amide bonds. The number of anilines is 1. The van der Waals surface area contributed by atoms with Crippen LogP contribution in [0.5, 0.6) is 5.75 Å². The van der Waals surface area contributed by atoms with Gasteiger partial charge in [0.15, 0.2) is 12.7 Å². The van der Waals surface area contributed by atoms with Crippen molar-refractivity contribution in [1.29, 1.82) is 0 Å². The minimum Gasteiger partial charge on any atom is -0.479 e. The molecule has 0 heterocycles. The first-order chi connectivity index (χ1) is 11.6. The van der Waals surface area contributed by atoms with E-state index in [-0.39, 0.29) is 6.61 Å². The monoisotopic (exact) mass is 347 g/mol. The highest BCUT2D eigenvalue weighted by Crippen LogP contribution is 2.15. The minimum absolute atomic E-state index is 0.389. The molecule has 0 bridgehead atoms. The first-order valence-corrected chi connectivity index (χ1v) is 7.90. The summed E-state index contributed by atoms with van der Waals surface area (Å²) >= 11 is 5.84. The molecule has 6 heteroatoms. The molecule has 24 heavy (non-hydrogen) atoms. The Labute approximate surface area is 145 Å². The van der Waals surface area contributed by atoms with Crippen LogP contribution in [0, 0.1) is 0 Å². The number of carbonyl (C=O) groups excluding carboxylic acids is 2. The molecular weight excluding hydrogens is 330 g/mol. The fraction of sp³-hybridized carbons (Fsp3) is 0.222. The topological polar surface area (TPSA) is 64.6 Å². The molecule has 1 N–H and O–H groups in total. The molecule has 0 unspecified atom stereocenters. The van der Waals surface area contributed by atoms with Crippen LogP contribution >= 0.6 is 11.6 Å². The third-order valence-electron chi connectivity index (χ3n) is 3.11. The molecule has 2 aromatic carbocycles. The van der Waals surface area contributed by atoms with E-state index in [4.69, 9.17) is 21.1 Å². The summed E-state index contributed by atoms with van der Waals surface area (Å²) in [6, 6.07) is 15.7. The van der Waals surface area contributed by atoms with Gasteiger partial charge in [-0.05, 0) is 36.8 Å². The number of para-hydroxylation sites is 1. The van der Waals surface area contributed by atoms with Crippen LogP contribution in [0.3, 0.4) is 0 Å². The van der Waals surface area contributed by atoms with Gasteiger partial charge in [0.05, 0.1) is 0 Å². The van der Waals surface area contributed by atoms with Gasteiger partial charge in [-0.25, -0.2) is 4.79 Å². The van der Waals surface area contributed by atoms with Gasteiger partial charge in [0.1, 0.15) is 5.75 Å². The van der Waals surface area contributed by atoms with Gasteiger partial charge in [-0.2, -0.15) is 0 Å². The standard InChI is InChI=1S/C18H18ClNO4/c1-2-16(24-15-9-4-3-5-10-15)18(22)23-12-17(21)20-14-8-6-7-13(19)11-14/h3-11,16H,2,12H2,1H3,(H,20,21)/t16-/m1/s1. The highest BCUT2D eigenvalue weighted by atomic mass is 35.5. The first kappa shape index (κ1) is 17.8. The van der Waals surface area contributed by atoms with E-state index in [2.05, 4.69) is 5.32 Å². The van der Waals surface area contributed by atoms with Crippen LogP contribution in [0.15, 0.2) is 54.6 Å². The summed E-state index contributed by atoms with van der Waals surface area (Å²) in [5.74, 6) is -0.451. The minimum atomic E-state index is -0.758. The van der Waals surface area contributed by atoms with Gasteiger partial charge < -0.3 is 14.8 Å². The lowest BCUT2D eigenvalue weighted by molar-refractivity contribution is -0.154. The molecule has 0 saturated heterocycles. The maximum absolute atomic E-state index is 12.0. The summed E-state index contributed by atoms with van der Waals surface area (Å²) in [4.78, 5) is 23.9. The van der Waals surface area contributed by atoms with Crippen molar-refractivity contribution in [2.45, 2.75) is 19.4 Å². The van der Waals surface area contributed by atoms with Gasteiger partial charge in [-0.15, -0.1) is 0 Å². The van der Waals surface area contributed by atoms with E-state index >= 15 is 0 Å². The Hall–Kier alpha value is -2.53. The van der Waals surface area contributed by atoms with E-state index in [1.807, 2.05) is 18.2 Å². The van der Waals surface area contributed by atoms with Crippen molar-refractivity contribution in [2.24, 2.45) is 0 Å². The molecule has 2 aromatic rings. The fourth-order valence-corrected chi connectivity index (χ4v) is 2.14. The number of benzene rings is 2. The van der Waals surface area contributed by atoms with Crippen LogP contribution < -0.4 is 10.1 Å². The second kappa shape index (κ2) is 8.93. The molecule has 0 spiro atoms. The van der Waals surface area contributed by atoms with E-state index in [1.165, 1.54) is 0 Å². The number of amides is 1. The van der Waals surface area contributed by atoms with Crippen LogP contribution in [-0.4, -0.2) is 24.6 Å². The average Bonchev–Trinajstić information content (AvgIpc) is 2.58. The molecule has 0 radical (unpaired) electrons. The highest BCUT2D eigenvalue weighted by molar-refractivity contribution is 6.30. The third-order valence-corrected chi connectivity index (χ3v) is 3.34. The molecule has 1 atom stereocenters. The quantitative estimate of drug-likeness (QED) is 0.776. The van der Waals surface area contributed by atoms with Crippen LogP contribution in [0.2, 0.25) is 5.02 Å². The first-order valence-electron chi connectivity index (χ1n) is 7.52. The molecule has 0 aliphatic heterocycles. The summed E-state index contributed by atoms with van der Waals surface area (Å²) in [6.07, 6.45) is -0.324. The normalized spacial score (nSPS) is 11.4. The van der Waals surface area contributed by atoms with E-state index in [0.29, 0.717) is 22.9 Å². The number of esters is 1. The second-order valence-corrected chi connectivity index (χ2v) is 5.43. The Morgan fingerprint density at radius 2 is 1.88 bits per heavy atom. The van der Waals surface area contributed by atoms with Crippen molar-refractivity contribution in [3.8, 4) is 5.75 Å². The molecule has 0 aliphatic rings. The Balaban J connectivity index is 1.83. The van der Waals surface area contributed by atoms with Gasteiger partial charge in [-0.3, -0.25) is 4.79 Å². The summed E-state index contributed by atoms with van der Waals surface area (Å²) in [6.45, 7) is 1.42. The zero-order chi connectivity index (χ0) is 17.4. The van der Waals surface area contributed by atoms with Crippen molar-refractivity contribution in [2.75, 3.05) is 11.9 Å². The molecule has 0 saturated carbocycles. The van der Waals surface area contributed by atoms with E-state index in [9.17, 15) is 9.59 Å². The summed E-state index contributed by atoms with van der Waals surface area (Å²) in [5, 5.41) is 3.11. The van der Waals surface area contributed by atoms with Gasteiger partial charge in [-0.1, -0.05) is 42.8 Å². The Bertz CT molecular complexity index is 690. The lowest BCUT2D eigenvalue weighted by Gasteiger charge is -2.16. The van der Waals surface area contributed by atoms with Gasteiger partial charge in [0.25, 0.3) is 5.91 Å². The lowest BCUT2D eigenvalue weighted by Crippen LogP contribution is -2.31. The maximum atomic E-state index is 12.0. The number of rotatable bonds is 7. The predicted octanol–water partition coefficient (Wildman–Crippen LogP) is 3.68. The summed E-state index contributed by atoms with van der Waals surface area (Å²) < 4.78 is 10.6. The largest absolute Gasteiger partial charge is 0.479 e. The Morgan fingerprint density at radius 3 is 2.54 bits per heavy atom. The van der Waals surface area contributed by atoms with Crippen molar-refractivity contribution in [3.63, 3.8) is 0 Å². The van der Waals surface area contributed by atoms with Gasteiger partial charge in [0.2, 0.25) is 0 Å². The second-order valence-electron chi connectivity index (χ2n) is 4.99. The number of carbonyl (C=O) groups is 2. The molecule has 126 valence electrons. The molecule has 0 fully saturated rings. The van der Waals surface area contributed by atoms with E-state index in [1.54, 1.807) is 43.3 Å². The predicted molar refractivity (Wildman–Crippen MR) is 92.2 cm³/mol. The van der Waals surface area contributed by atoms with Crippen molar-refractivity contribution < 1.29 is 19.1 Å². The van der Waals surface area contributed by atoms with Crippen LogP contribution in [0.1, 0.15) is 13.3 Å². The van der Waals surface area contributed by atoms with Crippen LogP contribution in [0.4, 0.5) is 5.69 Å². The molecule has 2 rings (SSSR count). The molecular formula is C18H18ClNO4.